The van der Waals surface area contributed by atoms with E-state index >= 15 is 0 Å². The maximum atomic E-state index is 14.8. The number of pyridine rings is 1. The zero-order valence-corrected chi connectivity index (χ0v) is 19.8. The second-order valence-corrected chi connectivity index (χ2v) is 9.11. The number of benzene rings is 2. The van der Waals surface area contributed by atoms with Gasteiger partial charge in [-0.05, 0) is 36.2 Å². The van der Waals surface area contributed by atoms with Crippen molar-refractivity contribution in [3.63, 3.8) is 0 Å². The van der Waals surface area contributed by atoms with Crippen LogP contribution in [0.5, 0.6) is 11.5 Å². The Kier molecular flexibility index (Phi) is 7.35. The minimum Gasteiger partial charge on any atom is -0.480 e. The second-order valence-electron chi connectivity index (χ2n) is 8.05. The average Bonchev–Trinajstić information content (AvgIpc) is 3.27. The highest BCUT2D eigenvalue weighted by Crippen LogP contribution is 2.35. The third-order valence-corrected chi connectivity index (χ3v) is 6.37. The van der Waals surface area contributed by atoms with Crippen molar-refractivity contribution in [1.29, 1.82) is 0 Å². The summed E-state index contributed by atoms with van der Waals surface area (Å²) in [5.41, 5.74) is 1.72. The van der Waals surface area contributed by atoms with Crippen LogP contribution in [0.3, 0.4) is 0 Å². The molecule has 10 heteroatoms. The molecule has 0 bridgehead atoms. The van der Waals surface area contributed by atoms with Gasteiger partial charge >= 0.3 is 5.97 Å². The summed E-state index contributed by atoms with van der Waals surface area (Å²) >= 11 is 1.06. The van der Waals surface area contributed by atoms with Crippen LogP contribution in [0.15, 0.2) is 54.7 Å². The van der Waals surface area contributed by atoms with E-state index in [9.17, 15) is 23.2 Å². The summed E-state index contributed by atoms with van der Waals surface area (Å²) in [5, 5.41) is 11.0. The van der Waals surface area contributed by atoms with Crippen LogP contribution in [0.4, 0.5) is 8.78 Å². The maximum absolute atomic E-state index is 14.8. The van der Waals surface area contributed by atoms with Crippen molar-refractivity contribution in [2.75, 3.05) is 6.54 Å². The topological polar surface area (TPSA) is 106 Å². The summed E-state index contributed by atoms with van der Waals surface area (Å²) in [7, 11) is 0. The minimum absolute atomic E-state index is 0.138. The highest BCUT2D eigenvalue weighted by molar-refractivity contribution is 7.21. The Morgan fingerprint density at radius 1 is 1.00 bits per heavy atom. The first-order chi connectivity index (χ1) is 17.2. The van der Waals surface area contributed by atoms with Crippen LogP contribution in [0.1, 0.15) is 26.4 Å². The number of carbonyl (C=O) groups is 3. The lowest BCUT2D eigenvalue weighted by Crippen LogP contribution is -2.28. The van der Waals surface area contributed by atoms with Crippen LogP contribution in [0.25, 0.3) is 10.2 Å². The number of carbonyl (C=O) groups excluding carboxylic acids is 2. The SMILES string of the molecule is Cc1ccc(F)c(CC(=O)Cc2ccc(Oc3ccnc4cc(C(=O)NCC(=O)O)sc34)cc2F)c1. The van der Waals surface area contributed by atoms with E-state index in [2.05, 4.69) is 10.3 Å². The minimum atomic E-state index is -1.17. The van der Waals surface area contributed by atoms with Gasteiger partial charge in [-0.2, -0.15) is 0 Å². The lowest BCUT2D eigenvalue weighted by Gasteiger charge is -2.09. The second kappa shape index (κ2) is 10.6. The zero-order chi connectivity index (χ0) is 25.8. The molecule has 4 rings (SSSR count). The number of nitrogens with one attached hydrogen (secondary N) is 1. The van der Waals surface area contributed by atoms with Crippen LogP contribution in [0, 0.1) is 18.6 Å². The molecule has 36 heavy (non-hydrogen) atoms. The van der Waals surface area contributed by atoms with Gasteiger partial charge in [0.15, 0.2) is 0 Å². The highest BCUT2D eigenvalue weighted by atomic mass is 32.1. The fourth-order valence-corrected chi connectivity index (χ4v) is 4.52. The van der Waals surface area contributed by atoms with Gasteiger partial charge in [-0.3, -0.25) is 19.4 Å². The molecule has 0 aliphatic rings. The summed E-state index contributed by atoms with van der Waals surface area (Å²) in [6.45, 7) is 1.28. The van der Waals surface area contributed by atoms with Crippen molar-refractivity contribution in [2.24, 2.45) is 0 Å². The number of Topliss-reactive ketones (excluding diaryl/α,β-unsaturated/α-hetero) is 1. The Morgan fingerprint density at radius 2 is 1.78 bits per heavy atom. The Balaban J connectivity index is 1.47. The number of ether oxygens (including phenoxy) is 1. The molecule has 0 aliphatic heterocycles. The summed E-state index contributed by atoms with van der Waals surface area (Å²) in [5.74, 6) is -2.66. The number of nitrogens with zero attached hydrogens (tertiary/aromatic N) is 1. The summed E-state index contributed by atoms with van der Waals surface area (Å²) in [4.78, 5) is 39.7. The number of hydrogen-bond donors (Lipinski definition) is 2. The van der Waals surface area contributed by atoms with E-state index in [4.69, 9.17) is 9.84 Å². The molecule has 7 nitrogen and oxygen atoms in total. The molecule has 0 spiro atoms. The molecule has 2 heterocycles. The first-order valence-corrected chi connectivity index (χ1v) is 11.6. The predicted octanol–water partition coefficient (Wildman–Crippen LogP) is 4.84. The van der Waals surface area contributed by atoms with Crippen LogP contribution >= 0.6 is 11.3 Å². The van der Waals surface area contributed by atoms with E-state index in [1.165, 1.54) is 30.5 Å². The number of aryl methyl sites for hydroxylation is 1. The van der Waals surface area contributed by atoms with Gasteiger partial charge in [0.2, 0.25) is 0 Å². The van der Waals surface area contributed by atoms with Crippen molar-refractivity contribution in [3.05, 3.63) is 87.9 Å². The number of carboxylic acid groups (broad SMARTS) is 1. The third-order valence-electron chi connectivity index (χ3n) is 5.23. The molecule has 0 unspecified atom stereocenters. The molecule has 2 aromatic heterocycles. The van der Waals surface area contributed by atoms with E-state index in [1.807, 2.05) is 0 Å². The van der Waals surface area contributed by atoms with E-state index in [-0.39, 0.29) is 40.4 Å². The molecule has 2 aromatic carbocycles. The number of thiophene rings is 1. The fourth-order valence-electron chi connectivity index (χ4n) is 3.54. The highest BCUT2D eigenvalue weighted by Gasteiger charge is 2.17. The average molecular weight is 511 g/mol. The summed E-state index contributed by atoms with van der Waals surface area (Å²) in [6.07, 6.45) is 1.14. The van der Waals surface area contributed by atoms with Crippen molar-refractivity contribution >= 4 is 39.2 Å². The molecular formula is C26H20F2N2O5S. The van der Waals surface area contributed by atoms with Crippen molar-refractivity contribution in [2.45, 2.75) is 19.8 Å². The number of fused-ring (bicyclic) bond motifs is 1. The number of carboxylic acids is 1. The Labute approximate surface area is 208 Å². The van der Waals surface area contributed by atoms with Gasteiger partial charge in [0.05, 0.1) is 15.1 Å². The van der Waals surface area contributed by atoms with Crippen LogP contribution in [0.2, 0.25) is 0 Å². The van der Waals surface area contributed by atoms with Gasteiger partial charge in [0.25, 0.3) is 5.91 Å². The van der Waals surface area contributed by atoms with Gasteiger partial charge in [-0.25, -0.2) is 8.78 Å². The number of halogens is 2. The molecule has 0 saturated carbocycles. The fraction of sp³-hybridized carbons (Fsp3) is 0.154. The molecule has 0 fully saturated rings. The normalized spacial score (nSPS) is 10.9. The molecular weight excluding hydrogens is 490 g/mol. The summed E-state index contributed by atoms with van der Waals surface area (Å²) < 4.78 is 35.0. The largest absolute Gasteiger partial charge is 0.480 e. The standard InChI is InChI=1S/C26H20F2N2O5S/c1-14-2-5-19(27)16(8-14)10-17(31)9-15-3-4-18(11-20(15)28)35-22-6-7-29-21-12-23(36-25(21)22)26(34)30-13-24(32)33/h2-8,11-12H,9-10,13H2,1H3,(H,30,34)(H,32,33). The maximum Gasteiger partial charge on any atom is 0.322 e. The lowest BCUT2D eigenvalue weighted by molar-refractivity contribution is -0.135. The Morgan fingerprint density at radius 3 is 2.53 bits per heavy atom. The Hall–Kier alpha value is -4.18. The van der Waals surface area contributed by atoms with E-state index in [1.54, 1.807) is 25.1 Å². The first-order valence-electron chi connectivity index (χ1n) is 10.8. The van der Waals surface area contributed by atoms with Gasteiger partial charge in [0, 0.05) is 31.2 Å². The number of rotatable bonds is 9. The molecule has 4 aromatic rings. The van der Waals surface area contributed by atoms with Crippen molar-refractivity contribution in [3.8, 4) is 11.5 Å². The van der Waals surface area contributed by atoms with E-state index in [0.29, 0.717) is 16.0 Å². The van der Waals surface area contributed by atoms with Gasteiger partial charge < -0.3 is 15.2 Å². The van der Waals surface area contributed by atoms with Crippen LogP contribution in [-0.2, 0) is 22.4 Å². The van der Waals surface area contributed by atoms with Gasteiger partial charge in [0.1, 0.15) is 35.5 Å². The predicted molar refractivity (Wildman–Crippen MR) is 130 cm³/mol. The summed E-state index contributed by atoms with van der Waals surface area (Å²) in [6, 6.07) is 11.7. The monoisotopic (exact) mass is 510 g/mol. The third kappa shape index (κ3) is 5.89. The number of aliphatic carboxylic acids is 1. The van der Waals surface area contributed by atoms with Gasteiger partial charge in [-0.1, -0.05) is 23.8 Å². The van der Waals surface area contributed by atoms with E-state index in [0.717, 1.165) is 23.0 Å². The molecule has 1 amide bonds. The molecule has 0 saturated heterocycles. The van der Waals surface area contributed by atoms with Crippen molar-refractivity contribution in [1.82, 2.24) is 10.3 Å². The van der Waals surface area contributed by atoms with Crippen LogP contribution in [-0.4, -0.2) is 34.3 Å². The molecule has 0 atom stereocenters. The zero-order valence-electron chi connectivity index (χ0n) is 19.0. The Bertz CT molecular complexity index is 1480. The quantitative estimate of drug-likeness (QED) is 0.334. The molecule has 0 aliphatic carbocycles. The number of ketones is 1. The molecule has 2 N–H and O–H groups in total. The van der Waals surface area contributed by atoms with Crippen LogP contribution < -0.4 is 10.1 Å². The molecule has 0 radical (unpaired) electrons. The number of aromatic nitrogens is 1. The first kappa shape index (κ1) is 24.9. The van der Waals surface area contributed by atoms with E-state index < -0.39 is 30.1 Å². The lowest BCUT2D eigenvalue weighted by atomic mass is 10.0. The smallest absolute Gasteiger partial charge is 0.322 e. The number of amides is 1. The number of hydrogen-bond acceptors (Lipinski definition) is 6. The van der Waals surface area contributed by atoms with Gasteiger partial charge in [-0.15, -0.1) is 11.3 Å². The molecule has 184 valence electrons. The van der Waals surface area contributed by atoms with Crippen molar-refractivity contribution < 1.29 is 33.0 Å².